The number of hydrogen-bond donors (Lipinski definition) is 2. The fourth-order valence-corrected chi connectivity index (χ4v) is 4.54. The SMILES string of the molecule is Cc1ccc(N)cc1C(=O)NCc1ccc(S(=O)(=O)N2CCCC2)cc1. The summed E-state index contributed by atoms with van der Waals surface area (Å²) in [6.45, 7) is 3.34. The Hall–Kier alpha value is -2.38. The maximum atomic E-state index is 12.5. The summed E-state index contributed by atoms with van der Waals surface area (Å²) >= 11 is 0. The topological polar surface area (TPSA) is 92.5 Å². The molecule has 0 saturated carbocycles. The first-order valence-electron chi connectivity index (χ1n) is 8.61. The van der Waals surface area contributed by atoms with Crippen LogP contribution in [0, 0.1) is 6.92 Å². The van der Waals surface area contributed by atoms with E-state index in [1.807, 2.05) is 13.0 Å². The number of aryl methyl sites for hydroxylation is 1. The number of amides is 1. The van der Waals surface area contributed by atoms with Crippen molar-refractivity contribution in [3.63, 3.8) is 0 Å². The Bertz CT molecular complexity index is 902. The fraction of sp³-hybridized carbons (Fsp3) is 0.316. The fourth-order valence-electron chi connectivity index (χ4n) is 3.02. The molecule has 1 amide bonds. The van der Waals surface area contributed by atoms with Gasteiger partial charge in [-0.1, -0.05) is 18.2 Å². The van der Waals surface area contributed by atoms with Crippen molar-refractivity contribution in [2.45, 2.75) is 31.2 Å². The molecule has 3 N–H and O–H groups in total. The van der Waals surface area contributed by atoms with Gasteiger partial charge in [-0.2, -0.15) is 4.31 Å². The lowest BCUT2D eigenvalue weighted by molar-refractivity contribution is 0.0950. The van der Waals surface area contributed by atoms with Gasteiger partial charge >= 0.3 is 0 Å². The van der Waals surface area contributed by atoms with Crippen molar-refractivity contribution in [3.05, 3.63) is 59.2 Å². The van der Waals surface area contributed by atoms with Crippen molar-refractivity contribution < 1.29 is 13.2 Å². The molecular formula is C19H23N3O3S. The molecule has 1 heterocycles. The van der Waals surface area contributed by atoms with Gasteiger partial charge in [0, 0.05) is 30.9 Å². The summed E-state index contributed by atoms with van der Waals surface area (Å²) in [7, 11) is -3.41. The van der Waals surface area contributed by atoms with E-state index in [0.717, 1.165) is 24.0 Å². The highest BCUT2D eigenvalue weighted by Crippen LogP contribution is 2.21. The molecule has 2 aromatic carbocycles. The number of benzene rings is 2. The molecule has 0 radical (unpaired) electrons. The van der Waals surface area contributed by atoms with Gasteiger partial charge in [0.15, 0.2) is 0 Å². The first-order valence-corrected chi connectivity index (χ1v) is 10.1. The number of hydrogen-bond acceptors (Lipinski definition) is 4. The summed E-state index contributed by atoms with van der Waals surface area (Å²) in [5.74, 6) is -0.205. The van der Waals surface area contributed by atoms with Gasteiger partial charge in [-0.25, -0.2) is 8.42 Å². The number of anilines is 1. The number of nitrogens with one attached hydrogen (secondary N) is 1. The van der Waals surface area contributed by atoms with Crippen LogP contribution in [0.1, 0.15) is 34.3 Å². The monoisotopic (exact) mass is 373 g/mol. The predicted molar refractivity (Wildman–Crippen MR) is 101 cm³/mol. The normalized spacial score (nSPS) is 15.1. The Kier molecular flexibility index (Phi) is 5.29. The number of carbonyl (C=O) groups excluding carboxylic acids is 1. The molecule has 0 aliphatic carbocycles. The molecule has 1 aliphatic heterocycles. The summed E-state index contributed by atoms with van der Waals surface area (Å²) in [6.07, 6.45) is 1.82. The van der Waals surface area contributed by atoms with Gasteiger partial charge in [0.05, 0.1) is 4.90 Å². The number of nitrogen functional groups attached to an aromatic ring is 1. The standard InChI is InChI=1S/C19H23N3O3S/c1-14-4-7-16(20)12-18(14)19(23)21-13-15-5-8-17(9-6-15)26(24,25)22-10-2-3-11-22/h4-9,12H,2-3,10-11,13,20H2,1H3,(H,21,23). The molecule has 6 nitrogen and oxygen atoms in total. The summed E-state index contributed by atoms with van der Waals surface area (Å²) in [6, 6.07) is 11.9. The largest absolute Gasteiger partial charge is 0.399 e. The minimum absolute atomic E-state index is 0.205. The zero-order chi connectivity index (χ0) is 18.7. The van der Waals surface area contributed by atoms with Crippen molar-refractivity contribution in [3.8, 4) is 0 Å². The molecule has 0 spiro atoms. The van der Waals surface area contributed by atoms with Gasteiger partial charge in [0.25, 0.3) is 5.91 Å². The summed E-state index contributed by atoms with van der Waals surface area (Å²) in [5.41, 5.74) is 8.50. The molecule has 0 bridgehead atoms. The van der Waals surface area contributed by atoms with Crippen molar-refractivity contribution in [1.29, 1.82) is 0 Å². The molecule has 2 aromatic rings. The number of carbonyl (C=O) groups is 1. The van der Waals surface area contributed by atoms with Crippen LogP contribution in [-0.2, 0) is 16.6 Å². The summed E-state index contributed by atoms with van der Waals surface area (Å²) in [4.78, 5) is 12.6. The van der Waals surface area contributed by atoms with Gasteiger partial charge < -0.3 is 11.1 Å². The molecule has 0 atom stereocenters. The molecule has 1 aliphatic rings. The predicted octanol–water partition coefficient (Wildman–Crippen LogP) is 2.29. The Morgan fingerprint density at radius 2 is 1.77 bits per heavy atom. The van der Waals surface area contributed by atoms with Crippen molar-refractivity contribution in [2.24, 2.45) is 0 Å². The van der Waals surface area contributed by atoms with Crippen LogP contribution >= 0.6 is 0 Å². The minimum Gasteiger partial charge on any atom is -0.399 e. The van der Waals surface area contributed by atoms with Crippen molar-refractivity contribution >= 4 is 21.6 Å². The Balaban J connectivity index is 1.66. The molecule has 1 fully saturated rings. The first-order chi connectivity index (χ1) is 12.4. The van der Waals surface area contributed by atoms with Crippen LogP contribution in [0.25, 0.3) is 0 Å². The van der Waals surface area contributed by atoms with E-state index in [9.17, 15) is 13.2 Å². The second-order valence-corrected chi connectivity index (χ2v) is 8.45. The summed E-state index contributed by atoms with van der Waals surface area (Å²) < 4.78 is 26.5. The molecule has 3 rings (SSSR count). The van der Waals surface area contributed by atoms with E-state index < -0.39 is 10.0 Å². The van der Waals surface area contributed by atoms with Crippen LogP contribution in [0.2, 0.25) is 0 Å². The zero-order valence-electron chi connectivity index (χ0n) is 14.7. The lowest BCUT2D eigenvalue weighted by Gasteiger charge is -2.15. The third kappa shape index (κ3) is 3.89. The van der Waals surface area contributed by atoms with Crippen LogP contribution in [0.5, 0.6) is 0 Å². The first kappa shape index (κ1) is 18.4. The third-order valence-corrected chi connectivity index (χ3v) is 6.50. The Morgan fingerprint density at radius 1 is 1.12 bits per heavy atom. The van der Waals surface area contributed by atoms with E-state index in [2.05, 4.69) is 5.32 Å². The second kappa shape index (κ2) is 7.47. The molecule has 0 aromatic heterocycles. The average molecular weight is 373 g/mol. The third-order valence-electron chi connectivity index (χ3n) is 4.59. The zero-order valence-corrected chi connectivity index (χ0v) is 15.6. The van der Waals surface area contributed by atoms with Crippen LogP contribution in [-0.4, -0.2) is 31.7 Å². The second-order valence-electron chi connectivity index (χ2n) is 6.51. The highest BCUT2D eigenvalue weighted by molar-refractivity contribution is 7.89. The van der Waals surface area contributed by atoms with Crippen LogP contribution in [0.4, 0.5) is 5.69 Å². The molecule has 0 unspecified atom stereocenters. The van der Waals surface area contributed by atoms with E-state index in [4.69, 9.17) is 5.73 Å². The maximum absolute atomic E-state index is 12.5. The number of nitrogens with two attached hydrogens (primary N) is 1. The highest BCUT2D eigenvalue weighted by atomic mass is 32.2. The van der Waals surface area contributed by atoms with Gasteiger partial charge in [0.2, 0.25) is 10.0 Å². The maximum Gasteiger partial charge on any atom is 0.251 e. The lowest BCUT2D eigenvalue weighted by atomic mass is 10.1. The molecule has 1 saturated heterocycles. The van der Waals surface area contributed by atoms with Crippen LogP contribution in [0.15, 0.2) is 47.4 Å². The van der Waals surface area contributed by atoms with Crippen molar-refractivity contribution in [2.75, 3.05) is 18.8 Å². The number of rotatable bonds is 5. The van der Waals surface area contributed by atoms with Gasteiger partial charge in [-0.15, -0.1) is 0 Å². The lowest BCUT2D eigenvalue weighted by Crippen LogP contribution is -2.28. The van der Waals surface area contributed by atoms with Gasteiger partial charge in [-0.05, 0) is 55.2 Å². The molecule has 7 heteroatoms. The molecular weight excluding hydrogens is 350 g/mol. The number of nitrogens with zero attached hydrogens (tertiary/aromatic N) is 1. The number of sulfonamides is 1. The van der Waals surface area contributed by atoms with E-state index in [-0.39, 0.29) is 5.91 Å². The Morgan fingerprint density at radius 3 is 2.42 bits per heavy atom. The van der Waals surface area contributed by atoms with E-state index in [1.54, 1.807) is 36.4 Å². The smallest absolute Gasteiger partial charge is 0.251 e. The quantitative estimate of drug-likeness (QED) is 0.787. The van der Waals surface area contributed by atoms with Gasteiger partial charge in [-0.3, -0.25) is 4.79 Å². The van der Waals surface area contributed by atoms with E-state index in [1.165, 1.54) is 4.31 Å². The van der Waals surface area contributed by atoms with Crippen molar-refractivity contribution in [1.82, 2.24) is 9.62 Å². The van der Waals surface area contributed by atoms with Crippen LogP contribution in [0.3, 0.4) is 0 Å². The van der Waals surface area contributed by atoms with E-state index >= 15 is 0 Å². The summed E-state index contributed by atoms with van der Waals surface area (Å²) in [5, 5.41) is 2.84. The Labute approximate surface area is 154 Å². The minimum atomic E-state index is -3.41. The highest BCUT2D eigenvalue weighted by Gasteiger charge is 2.26. The van der Waals surface area contributed by atoms with Crippen LogP contribution < -0.4 is 11.1 Å². The molecule has 26 heavy (non-hydrogen) atoms. The van der Waals surface area contributed by atoms with Gasteiger partial charge in [0.1, 0.15) is 0 Å². The van der Waals surface area contributed by atoms with E-state index in [0.29, 0.717) is 35.8 Å². The average Bonchev–Trinajstić information content (AvgIpc) is 3.17. The molecule has 138 valence electrons.